The molecule has 3 aliphatic rings. The Morgan fingerprint density at radius 1 is 0.973 bits per heavy atom. The molecule has 5 rings (SSSR count). The third kappa shape index (κ3) is 6.29. The Morgan fingerprint density at radius 3 is 2.46 bits per heavy atom. The fourth-order valence-electron chi connectivity index (χ4n) is 4.69. The lowest BCUT2D eigenvalue weighted by molar-refractivity contribution is -0.238. The summed E-state index contributed by atoms with van der Waals surface area (Å²) in [5, 5.41) is 6.47. The Bertz CT molecular complexity index is 1050. The van der Waals surface area contributed by atoms with Gasteiger partial charge in [0.1, 0.15) is 31.0 Å². The molecule has 5 heterocycles. The van der Waals surface area contributed by atoms with E-state index in [2.05, 4.69) is 30.6 Å². The van der Waals surface area contributed by atoms with Crippen LogP contribution in [0.1, 0.15) is 48.0 Å². The molecule has 3 saturated heterocycles. The van der Waals surface area contributed by atoms with Gasteiger partial charge in [-0.3, -0.25) is 0 Å². The lowest BCUT2D eigenvalue weighted by Crippen LogP contribution is -2.56. The van der Waals surface area contributed by atoms with E-state index in [1.54, 1.807) is 12.5 Å². The van der Waals surface area contributed by atoms with E-state index in [1.807, 2.05) is 52.3 Å². The third-order valence-corrected chi connectivity index (χ3v) is 6.10. The summed E-state index contributed by atoms with van der Waals surface area (Å²) in [6.45, 7) is 13.1. The Morgan fingerprint density at radius 2 is 1.70 bits per heavy atom. The number of nitrogens with one attached hydrogen (secondary N) is 2. The van der Waals surface area contributed by atoms with Crippen molar-refractivity contribution < 1.29 is 28.4 Å². The monoisotopic (exact) mass is 519 g/mol. The number of imidazole rings is 1. The zero-order chi connectivity index (χ0) is 26.2. The lowest BCUT2D eigenvalue weighted by atomic mass is 9.99. The Labute approximate surface area is 216 Å². The number of fused-ring (bicyclic) bond motifs is 3. The van der Waals surface area contributed by atoms with E-state index in [9.17, 15) is 0 Å². The molecule has 0 saturated carbocycles. The molecule has 13 heteroatoms. The molecule has 0 spiro atoms. The molecule has 0 aromatic carbocycles. The van der Waals surface area contributed by atoms with Gasteiger partial charge in [0.15, 0.2) is 17.9 Å². The van der Waals surface area contributed by atoms with Crippen molar-refractivity contribution in [3.8, 4) is 6.01 Å². The van der Waals surface area contributed by atoms with Crippen LogP contribution < -0.4 is 15.4 Å². The highest BCUT2D eigenvalue weighted by molar-refractivity contribution is 5.36. The standard InChI is InChI=1S/C24H37N7O6/c1-14(2)27-21-28-20(26-8-7-10-31-11-9-25-13-31)29-22(30-21)32-12-15-16-17(35-23(3,4)34-16)18-19(33-15)37-24(5,6)36-18/h9,11,13-19H,7-8,10,12H2,1-6H3,(H2,26,27,28,29,30)/t15-,16+,17+,18-,19-/m1/s1. The summed E-state index contributed by atoms with van der Waals surface area (Å²) in [4.78, 5) is 17.4. The van der Waals surface area contributed by atoms with Crippen molar-refractivity contribution in [1.29, 1.82) is 0 Å². The molecule has 2 aromatic rings. The summed E-state index contributed by atoms with van der Waals surface area (Å²) in [6, 6.07) is 0.317. The van der Waals surface area contributed by atoms with E-state index in [0.29, 0.717) is 18.4 Å². The van der Waals surface area contributed by atoms with Crippen LogP contribution in [0.5, 0.6) is 6.01 Å². The van der Waals surface area contributed by atoms with E-state index in [4.69, 9.17) is 28.4 Å². The van der Waals surface area contributed by atoms with Crippen LogP contribution in [0, 0.1) is 0 Å². The summed E-state index contributed by atoms with van der Waals surface area (Å²) < 4.78 is 38.7. The highest BCUT2D eigenvalue weighted by Crippen LogP contribution is 2.44. The zero-order valence-corrected chi connectivity index (χ0v) is 22.2. The highest BCUT2D eigenvalue weighted by atomic mass is 16.9. The molecule has 0 radical (unpaired) electrons. The van der Waals surface area contributed by atoms with Crippen LogP contribution in [0.2, 0.25) is 0 Å². The van der Waals surface area contributed by atoms with Gasteiger partial charge >= 0.3 is 6.01 Å². The largest absolute Gasteiger partial charge is 0.460 e. The van der Waals surface area contributed by atoms with Crippen LogP contribution in [0.25, 0.3) is 0 Å². The third-order valence-electron chi connectivity index (χ3n) is 6.10. The average Bonchev–Trinajstić information content (AvgIpc) is 3.50. The smallest absolute Gasteiger partial charge is 0.323 e. The van der Waals surface area contributed by atoms with Crippen molar-refractivity contribution in [3.05, 3.63) is 18.7 Å². The molecule has 2 N–H and O–H groups in total. The number of aromatic nitrogens is 5. The fraction of sp³-hybridized carbons (Fsp3) is 0.750. The molecular weight excluding hydrogens is 482 g/mol. The van der Waals surface area contributed by atoms with Crippen LogP contribution in [0.4, 0.5) is 11.9 Å². The molecular formula is C24H37N7O6. The summed E-state index contributed by atoms with van der Waals surface area (Å²) in [5.74, 6) is -0.708. The van der Waals surface area contributed by atoms with Gasteiger partial charge in [0.05, 0.1) is 6.33 Å². The first-order chi connectivity index (χ1) is 17.6. The number of hydrogen-bond donors (Lipinski definition) is 2. The minimum atomic E-state index is -0.782. The van der Waals surface area contributed by atoms with Crippen LogP contribution in [-0.4, -0.2) is 86.0 Å². The quantitative estimate of drug-likeness (QED) is 0.445. The molecule has 0 unspecified atom stereocenters. The molecule has 13 nitrogen and oxygen atoms in total. The minimum absolute atomic E-state index is 0.137. The van der Waals surface area contributed by atoms with Gasteiger partial charge in [0, 0.05) is 31.5 Å². The second kappa shape index (κ2) is 10.3. The summed E-state index contributed by atoms with van der Waals surface area (Å²) in [6.07, 6.45) is 4.16. The van der Waals surface area contributed by atoms with E-state index in [1.165, 1.54) is 0 Å². The number of rotatable bonds is 10. The topological polar surface area (TPSA) is 136 Å². The predicted molar refractivity (Wildman–Crippen MR) is 132 cm³/mol. The number of nitrogens with zero attached hydrogens (tertiary/aromatic N) is 5. The number of ether oxygens (including phenoxy) is 6. The summed E-state index contributed by atoms with van der Waals surface area (Å²) in [5.41, 5.74) is 0. The van der Waals surface area contributed by atoms with Crippen molar-refractivity contribution >= 4 is 11.9 Å². The SMILES string of the molecule is CC(C)Nc1nc(NCCCn2ccnc2)nc(OC[C@H]2O[C@@H]3OC(C)(C)O[C@@H]3[C@H]3OC(C)(C)O[C@H]32)n1. The fourth-order valence-corrected chi connectivity index (χ4v) is 4.69. The van der Waals surface area contributed by atoms with Crippen molar-refractivity contribution in [2.75, 3.05) is 23.8 Å². The van der Waals surface area contributed by atoms with Gasteiger partial charge in [-0.05, 0) is 48.0 Å². The number of anilines is 2. The number of aryl methyl sites for hydroxylation is 1. The molecule has 3 fully saturated rings. The van der Waals surface area contributed by atoms with Gasteiger partial charge in [-0.15, -0.1) is 0 Å². The average molecular weight is 520 g/mol. The second-order valence-electron chi connectivity index (χ2n) is 10.7. The van der Waals surface area contributed by atoms with Gasteiger partial charge in [0.25, 0.3) is 0 Å². The molecule has 37 heavy (non-hydrogen) atoms. The second-order valence-corrected chi connectivity index (χ2v) is 10.7. The molecule has 0 bridgehead atoms. The van der Waals surface area contributed by atoms with Gasteiger partial charge in [-0.1, -0.05) is 0 Å². The molecule has 5 atom stereocenters. The van der Waals surface area contributed by atoms with Crippen molar-refractivity contribution in [2.24, 2.45) is 0 Å². The maximum Gasteiger partial charge on any atom is 0.323 e. The van der Waals surface area contributed by atoms with E-state index < -0.39 is 36.2 Å². The predicted octanol–water partition coefficient (Wildman–Crippen LogP) is 2.17. The Hall–Kier alpha value is -2.58. The van der Waals surface area contributed by atoms with Crippen molar-refractivity contribution in [1.82, 2.24) is 24.5 Å². The summed E-state index contributed by atoms with van der Waals surface area (Å²) >= 11 is 0. The maximum absolute atomic E-state index is 6.23. The molecule has 204 valence electrons. The zero-order valence-electron chi connectivity index (χ0n) is 22.2. The van der Waals surface area contributed by atoms with Crippen molar-refractivity contribution in [2.45, 2.75) is 103 Å². The molecule has 0 aliphatic carbocycles. The van der Waals surface area contributed by atoms with Crippen LogP contribution in [-0.2, 0) is 30.2 Å². The van der Waals surface area contributed by atoms with Crippen LogP contribution in [0.3, 0.4) is 0 Å². The van der Waals surface area contributed by atoms with E-state index >= 15 is 0 Å². The van der Waals surface area contributed by atoms with Gasteiger partial charge in [0.2, 0.25) is 11.9 Å². The van der Waals surface area contributed by atoms with Crippen LogP contribution in [0.15, 0.2) is 18.7 Å². The first-order valence-electron chi connectivity index (χ1n) is 12.8. The van der Waals surface area contributed by atoms with E-state index in [-0.39, 0.29) is 24.8 Å². The normalized spacial score (nSPS) is 29.6. The molecule has 0 amide bonds. The van der Waals surface area contributed by atoms with Gasteiger partial charge in [-0.25, -0.2) is 4.98 Å². The van der Waals surface area contributed by atoms with Gasteiger partial charge < -0.3 is 43.6 Å². The van der Waals surface area contributed by atoms with Crippen molar-refractivity contribution in [3.63, 3.8) is 0 Å². The molecule has 3 aliphatic heterocycles. The highest BCUT2D eigenvalue weighted by Gasteiger charge is 2.60. The summed E-state index contributed by atoms with van der Waals surface area (Å²) in [7, 11) is 0. The minimum Gasteiger partial charge on any atom is -0.460 e. The molecule has 2 aromatic heterocycles. The Kier molecular flexibility index (Phi) is 7.24. The Balaban J connectivity index is 1.25. The van der Waals surface area contributed by atoms with Gasteiger partial charge in [-0.2, -0.15) is 15.0 Å². The lowest BCUT2D eigenvalue weighted by Gasteiger charge is -2.36. The van der Waals surface area contributed by atoms with E-state index in [0.717, 1.165) is 13.0 Å². The number of hydrogen-bond acceptors (Lipinski definition) is 12. The first kappa shape index (κ1) is 26.0. The van der Waals surface area contributed by atoms with Crippen LogP contribution >= 0.6 is 0 Å². The first-order valence-corrected chi connectivity index (χ1v) is 12.8. The maximum atomic E-state index is 6.23.